The summed E-state index contributed by atoms with van der Waals surface area (Å²) in [7, 11) is 0. The Bertz CT molecular complexity index is 1230. The van der Waals surface area contributed by atoms with Crippen LogP contribution in [0.1, 0.15) is 230 Å². The summed E-state index contributed by atoms with van der Waals surface area (Å²) in [5.74, 6) is 12.4. The molecule has 12 rings (SSSR count). The molecule has 2 heteroatoms. The second-order valence-corrected chi connectivity index (χ2v) is 24.9. The highest BCUT2D eigenvalue weighted by atomic mass is 16.5. The Morgan fingerprint density at radius 1 is 0.410 bits per heavy atom. The zero-order valence-electron chi connectivity index (χ0n) is 43.5. The van der Waals surface area contributed by atoms with Crippen molar-refractivity contribution in [3.05, 3.63) is 35.9 Å². The third-order valence-electron chi connectivity index (χ3n) is 19.1. The highest BCUT2D eigenvalue weighted by Crippen LogP contribution is 2.68. The molecule has 354 valence electrons. The van der Waals surface area contributed by atoms with E-state index >= 15 is 0 Å². The smallest absolute Gasteiger partial charge is 0.0518 e. The molecule has 2 heterocycles. The molecule has 2 nitrogen and oxygen atoms in total. The molecule has 6 bridgehead atoms. The lowest BCUT2D eigenvalue weighted by atomic mass is 9.41. The van der Waals surface area contributed by atoms with E-state index in [1.807, 2.05) is 6.07 Å². The van der Waals surface area contributed by atoms with Crippen molar-refractivity contribution in [1.82, 2.24) is 0 Å². The van der Waals surface area contributed by atoms with E-state index in [-0.39, 0.29) is 0 Å². The fraction of sp³-hybridized carbons (Fsp3) is 0.898. The van der Waals surface area contributed by atoms with Crippen LogP contribution in [0.2, 0.25) is 0 Å². The molecule has 11 fully saturated rings. The quantitative estimate of drug-likeness (QED) is 0.272. The number of hydrogen-bond acceptors (Lipinski definition) is 2. The summed E-state index contributed by atoms with van der Waals surface area (Å²) in [4.78, 5) is 0. The van der Waals surface area contributed by atoms with Crippen LogP contribution >= 0.6 is 0 Å². The lowest BCUT2D eigenvalue weighted by Gasteiger charge is -2.64. The van der Waals surface area contributed by atoms with Gasteiger partial charge in [-0.1, -0.05) is 147 Å². The lowest BCUT2D eigenvalue weighted by Crippen LogP contribution is -2.54. The van der Waals surface area contributed by atoms with E-state index in [0.29, 0.717) is 5.92 Å². The maximum atomic E-state index is 5.25. The van der Waals surface area contributed by atoms with Crippen LogP contribution in [0.25, 0.3) is 0 Å². The van der Waals surface area contributed by atoms with E-state index in [1.54, 1.807) is 25.7 Å². The highest BCUT2D eigenvalue weighted by molar-refractivity contribution is 5.17. The number of hydrogen-bond donors (Lipinski definition) is 0. The van der Waals surface area contributed by atoms with Gasteiger partial charge < -0.3 is 9.47 Å². The molecule has 0 radical (unpaired) electrons. The van der Waals surface area contributed by atoms with Crippen molar-refractivity contribution in [2.45, 2.75) is 225 Å². The fourth-order valence-corrected chi connectivity index (χ4v) is 12.4. The summed E-state index contributed by atoms with van der Waals surface area (Å²) in [6.07, 6.45) is 28.7. The molecule has 1 aromatic rings. The minimum atomic E-state index is 0.659. The molecule has 0 N–H and O–H groups in total. The second-order valence-electron chi connectivity index (χ2n) is 24.9. The van der Waals surface area contributed by atoms with E-state index < -0.39 is 0 Å². The maximum Gasteiger partial charge on any atom is 0.0518 e. The van der Waals surface area contributed by atoms with Gasteiger partial charge in [0.1, 0.15) is 0 Å². The van der Waals surface area contributed by atoms with Crippen molar-refractivity contribution in [2.75, 3.05) is 26.4 Å². The van der Waals surface area contributed by atoms with Crippen LogP contribution in [0.5, 0.6) is 0 Å². The standard InChI is InChI=1S/C11H20.C10H18.C9H12.C8H16O.C8H14.C7H14.C6H12O/c1-9(2)11-6-3-10(4-7-11)5-8-11;1-8(2)10-5-3-9(7-10)4-6-10;1-8(2)9-6-4-3-5-7-9;1-7(2)8-3-5-9-6-4-8;1-6(2)8-3-7(4-8)5-8;1-6(2)7-4-3-5-7;1-5(2)6-3-7-4-6/h9-10H,3-8H2,1-2H3;8-9H,3-7H2,1-2H3;3-8H,1-2H3;7-8H,3-6H2,1-2H3;6-7H,3-5H2,1-2H3;6-7H,3-5H2,1-2H3;5-6H,3-4H2,1-2H3. The average molecular weight is 847 g/mol. The van der Waals surface area contributed by atoms with Gasteiger partial charge in [0.2, 0.25) is 0 Å². The summed E-state index contributed by atoms with van der Waals surface area (Å²) in [5.41, 5.74) is 3.88. The third kappa shape index (κ3) is 15.6. The topological polar surface area (TPSA) is 18.5 Å². The lowest BCUT2D eigenvalue weighted by molar-refractivity contribution is -0.141. The molecule has 0 atom stereocenters. The van der Waals surface area contributed by atoms with Crippen molar-refractivity contribution in [3.8, 4) is 0 Å². The van der Waals surface area contributed by atoms with Crippen LogP contribution in [0.15, 0.2) is 30.3 Å². The zero-order valence-corrected chi connectivity index (χ0v) is 43.5. The highest BCUT2D eigenvalue weighted by Gasteiger charge is 2.57. The van der Waals surface area contributed by atoms with E-state index in [2.05, 4.69) is 121 Å². The van der Waals surface area contributed by atoms with Crippen molar-refractivity contribution < 1.29 is 9.47 Å². The molecular formula is C59H106O2. The van der Waals surface area contributed by atoms with Crippen molar-refractivity contribution in [3.63, 3.8) is 0 Å². The number of rotatable bonds is 7. The fourth-order valence-electron chi connectivity index (χ4n) is 12.4. The van der Waals surface area contributed by atoms with Gasteiger partial charge in [0.05, 0.1) is 13.2 Å². The molecule has 1 aromatic carbocycles. The van der Waals surface area contributed by atoms with Crippen LogP contribution in [0.4, 0.5) is 0 Å². The van der Waals surface area contributed by atoms with Crippen molar-refractivity contribution in [1.29, 1.82) is 0 Å². The SMILES string of the molecule is CC(C)C12CC(C1)C2.CC(C)C12CCC(CC1)C2.CC(C)C12CCC(CC1)CC2.CC(C)C1CCC1.CC(C)C1CCOCC1.CC(C)C1COC1.CC(C)c1ccccc1. The molecule has 0 amide bonds. The molecule has 0 unspecified atom stereocenters. The van der Waals surface area contributed by atoms with E-state index in [1.165, 1.54) is 102 Å². The summed E-state index contributed by atoms with van der Waals surface area (Å²) in [6, 6.07) is 10.5. The van der Waals surface area contributed by atoms with Crippen molar-refractivity contribution in [2.24, 2.45) is 87.3 Å². The second kappa shape index (κ2) is 25.2. The van der Waals surface area contributed by atoms with Gasteiger partial charge in [0.25, 0.3) is 0 Å². The molecule has 2 saturated heterocycles. The molecule has 9 saturated carbocycles. The Balaban J connectivity index is 0.000000158. The van der Waals surface area contributed by atoms with E-state index in [0.717, 1.165) is 114 Å². The Morgan fingerprint density at radius 3 is 1.00 bits per heavy atom. The molecule has 11 aliphatic rings. The predicted octanol–water partition coefficient (Wildman–Crippen LogP) is 17.9. The van der Waals surface area contributed by atoms with Gasteiger partial charge in [-0.15, -0.1) is 0 Å². The molecule has 0 spiro atoms. The zero-order chi connectivity index (χ0) is 44.8. The molecule has 0 aromatic heterocycles. The van der Waals surface area contributed by atoms with Gasteiger partial charge in [-0.05, 0) is 196 Å². The minimum absolute atomic E-state index is 0.659. The Hall–Kier alpha value is -0.860. The molecule has 61 heavy (non-hydrogen) atoms. The Kier molecular flexibility index (Phi) is 21.8. The first-order chi connectivity index (χ1) is 28.9. The molecule has 9 aliphatic carbocycles. The normalized spacial score (nSPS) is 32.0. The number of benzene rings is 1. The predicted molar refractivity (Wildman–Crippen MR) is 267 cm³/mol. The Labute approximate surface area is 382 Å². The van der Waals surface area contributed by atoms with E-state index in [9.17, 15) is 0 Å². The average Bonchev–Trinajstić information content (AvgIpc) is 3.79. The number of ether oxygens (including phenoxy) is 2. The van der Waals surface area contributed by atoms with Gasteiger partial charge >= 0.3 is 0 Å². The van der Waals surface area contributed by atoms with Crippen LogP contribution in [-0.2, 0) is 9.47 Å². The van der Waals surface area contributed by atoms with Crippen LogP contribution < -0.4 is 0 Å². The van der Waals surface area contributed by atoms with Gasteiger partial charge in [-0.25, -0.2) is 0 Å². The van der Waals surface area contributed by atoms with Crippen molar-refractivity contribution >= 4 is 0 Å². The Morgan fingerprint density at radius 2 is 0.820 bits per heavy atom. The van der Waals surface area contributed by atoms with Gasteiger partial charge in [-0.2, -0.15) is 0 Å². The summed E-state index contributed by atoms with van der Waals surface area (Å²) in [5, 5.41) is 0. The monoisotopic (exact) mass is 847 g/mol. The summed E-state index contributed by atoms with van der Waals surface area (Å²) >= 11 is 0. The molecule has 2 aliphatic heterocycles. The largest absolute Gasteiger partial charge is 0.381 e. The first-order valence-electron chi connectivity index (χ1n) is 27.1. The van der Waals surface area contributed by atoms with Crippen LogP contribution in [0.3, 0.4) is 0 Å². The first-order valence-corrected chi connectivity index (χ1v) is 27.1. The third-order valence-corrected chi connectivity index (χ3v) is 19.1. The van der Waals surface area contributed by atoms with Gasteiger partial charge in [0.15, 0.2) is 0 Å². The maximum absolute atomic E-state index is 5.25. The van der Waals surface area contributed by atoms with E-state index in [4.69, 9.17) is 9.47 Å². The van der Waals surface area contributed by atoms with Gasteiger partial charge in [-0.3, -0.25) is 0 Å². The molecular weight excluding hydrogens is 741 g/mol. The van der Waals surface area contributed by atoms with Gasteiger partial charge in [0, 0.05) is 19.1 Å². The first kappa shape index (κ1) is 52.8. The minimum Gasteiger partial charge on any atom is -0.381 e. The van der Waals surface area contributed by atoms with Crippen LogP contribution in [0, 0.1) is 87.3 Å². The number of fused-ring (bicyclic) bond motifs is 5. The van der Waals surface area contributed by atoms with Crippen LogP contribution in [-0.4, -0.2) is 26.4 Å². The summed E-state index contributed by atoms with van der Waals surface area (Å²) in [6.45, 7) is 36.5. The summed E-state index contributed by atoms with van der Waals surface area (Å²) < 4.78 is 10.2.